The molecule has 0 amide bonds. The van der Waals surface area contributed by atoms with Crippen LogP contribution in [0.2, 0.25) is 0 Å². The molecule has 0 N–H and O–H groups in total. The highest BCUT2D eigenvalue weighted by atomic mass is 16.5. The lowest BCUT2D eigenvalue weighted by molar-refractivity contribution is -0.155. The van der Waals surface area contributed by atoms with E-state index in [0.717, 1.165) is 38.5 Å². The molecule has 0 aliphatic carbocycles. The normalized spacial score (nSPS) is 12.1. The second-order valence-electron chi connectivity index (χ2n) is 9.51. The van der Waals surface area contributed by atoms with Gasteiger partial charge in [-0.25, -0.2) is 0 Å². The molecule has 0 aromatic carbocycles. The number of hydrogen-bond acceptors (Lipinski definition) is 4. The van der Waals surface area contributed by atoms with E-state index in [1.807, 2.05) is 0 Å². The Bertz CT molecular complexity index is 370. The van der Waals surface area contributed by atoms with Crippen molar-refractivity contribution in [3.05, 3.63) is 0 Å². The maximum atomic E-state index is 12.0. The van der Waals surface area contributed by atoms with E-state index in [9.17, 15) is 9.59 Å². The van der Waals surface area contributed by atoms with Crippen LogP contribution in [0.4, 0.5) is 0 Å². The van der Waals surface area contributed by atoms with Crippen LogP contribution in [0.25, 0.3) is 0 Å². The average Bonchev–Trinajstić information content (AvgIpc) is 2.58. The predicted octanol–water partition coefficient (Wildman–Crippen LogP) is 6.55. The molecule has 0 aromatic rings. The topological polar surface area (TPSA) is 52.6 Å². The largest absolute Gasteiger partial charge is 0.462 e. The fraction of sp³-hybridized carbons (Fsp3) is 0.917. The van der Waals surface area contributed by atoms with Crippen molar-refractivity contribution in [3.63, 3.8) is 0 Å². The van der Waals surface area contributed by atoms with E-state index in [1.54, 1.807) is 0 Å². The zero-order valence-corrected chi connectivity index (χ0v) is 19.8. The Kier molecular flexibility index (Phi) is 14.3. The van der Waals surface area contributed by atoms with E-state index in [-0.39, 0.29) is 24.1 Å². The summed E-state index contributed by atoms with van der Waals surface area (Å²) < 4.78 is 11.2. The Labute approximate surface area is 174 Å². The van der Waals surface area contributed by atoms with Gasteiger partial charge in [-0.2, -0.15) is 0 Å². The van der Waals surface area contributed by atoms with Crippen LogP contribution in [-0.2, 0) is 19.1 Å². The summed E-state index contributed by atoms with van der Waals surface area (Å²) in [7, 11) is 0. The quantitative estimate of drug-likeness (QED) is 0.232. The molecular weight excluding hydrogens is 352 g/mol. The van der Waals surface area contributed by atoms with Gasteiger partial charge in [0.25, 0.3) is 0 Å². The summed E-state index contributed by atoms with van der Waals surface area (Å²) in [5, 5.41) is 0. The highest BCUT2D eigenvalue weighted by molar-refractivity contribution is 5.69. The van der Waals surface area contributed by atoms with Crippen molar-refractivity contribution in [1.29, 1.82) is 0 Å². The lowest BCUT2D eigenvalue weighted by Gasteiger charge is -2.25. The Morgan fingerprint density at radius 2 is 0.750 bits per heavy atom. The van der Waals surface area contributed by atoms with Crippen molar-refractivity contribution in [1.82, 2.24) is 0 Å². The van der Waals surface area contributed by atoms with Crippen LogP contribution < -0.4 is 0 Å². The molecule has 166 valence electrons. The number of hydrogen-bond donors (Lipinski definition) is 0. The molecule has 4 nitrogen and oxygen atoms in total. The minimum Gasteiger partial charge on any atom is -0.462 e. The zero-order chi connectivity index (χ0) is 21.7. The van der Waals surface area contributed by atoms with Crippen LogP contribution in [0.1, 0.15) is 107 Å². The Hall–Kier alpha value is -1.06. The Morgan fingerprint density at radius 3 is 1.00 bits per heavy atom. The Morgan fingerprint density at radius 1 is 0.500 bits per heavy atom. The fourth-order valence-electron chi connectivity index (χ4n) is 3.75. The van der Waals surface area contributed by atoms with Gasteiger partial charge in [0.1, 0.15) is 12.2 Å². The van der Waals surface area contributed by atoms with Gasteiger partial charge >= 0.3 is 11.9 Å². The fourth-order valence-corrected chi connectivity index (χ4v) is 3.75. The van der Waals surface area contributed by atoms with Gasteiger partial charge in [-0.3, -0.25) is 9.59 Å². The molecule has 0 spiro atoms. The van der Waals surface area contributed by atoms with E-state index >= 15 is 0 Å². The molecule has 4 heteroatoms. The Balaban J connectivity index is 3.77. The smallest absolute Gasteiger partial charge is 0.306 e. The minimum atomic E-state index is -0.0694. The van der Waals surface area contributed by atoms with Crippen LogP contribution in [0.15, 0.2) is 0 Å². The van der Waals surface area contributed by atoms with Gasteiger partial charge in [0.05, 0.1) is 0 Å². The van der Waals surface area contributed by atoms with Crippen molar-refractivity contribution in [3.8, 4) is 0 Å². The van der Waals surface area contributed by atoms with Gasteiger partial charge in [0.2, 0.25) is 0 Å². The first kappa shape index (κ1) is 26.9. The van der Waals surface area contributed by atoms with Crippen LogP contribution >= 0.6 is 0 Å². The standard InChI is InChI=1S/C24H46O4/c1-17(2)23(18(3)4)27-21(25)15-13-11-9-10-12-14-16-22(26)28-24(19(5)6)20(7)8/h17-20,23-24H,9-16H2,1-8H3. The van der Waals surface area contributed by atoms with Gasteiger partial charge in [0.15, 0.2) is 0 Å². The molecule has 0 saturated carbocycles. The molecule has 0 saturated heterocycles. The molecule has 0 heterocycles. The molecule has 0 bridgehead atoms. The first-order valence-corrected chi connectivity index (χ1v) is 11.4. The van der Waals surface area contributed by atoms with Crippen molar-refractivity contribution in [2.45, 2.75) is 119 Å². The summed E-state index contributed by atoms with van der Waals surface area (Å²) in [6, 6.07) is 0. The summed E-state index contributed by atoms with van der Waals surface area (Å²) in [5.41, 5.74) is 0. The molecule has 0 aliphatic heterocycles. The lowest BCUT2D eigenvalue weighted by Crippen LogP contribution is -2.28. The van der Waals surface area contributed by atoms with Crippen LogP contribution in [0.5, 0.6) is 0 Å². The van der Waals surface area contributed by atoms with Crippen LogP contribution in [-0.4, -0.2) is 24.1 Å². The number of ether oxygens (including phenoxy) is 2. The molecule has 0 radical (unpaired) electrons. The summed E-state index contributed by atoms with van der Waals surface area (Å²) in [5.74, 6) is 1.28. The summed E-state index contributed by atoms with van der Waals surface area (Å²) in [4.78, 5) is 24.0. The lowest BCUT2D eigenvalue weighted by atomic mass is 9.96. The number of rotatable bonds is 15. The van der Waals surface area contributed by atoms with Crippen LogP contribution in [0.3, 0.4) is 0 Å². The maximum Gasteiger partial charge on any atom is 0.306 e. The first-order chi connectivity index (χ1) is 13.1. The third-order valence-electron chi connectivity index (χ3n) is 5.18. The van der Waals surface area contributed by atoms with E-state index in [1.165, 1.54) is 0 Å². The van der Waals surface area contributed by atoms with Gasteiger partial charge in [-0.05, 0) is 36.5 Å². The van der Waals surface area contributed by atoms with Crippen LogP contribution in [0, 0.1) is 23.7 Å². The van der Waals surface area contributed by atoms with Gasteiger partial charge in [0, 0.05) is 12.8 Å². The zero-order valence-electron chi connectivity index (χ0n) is 19.8. The van der Waals surface area contributed by atoms with Gasteiger partial charge in [-0.1, -0.05) is 81.1 Å². The number of unbranched alkanes of at least 4 members (excludes halogenated alkanes) is 5. The second kappa shape index (κ2) is 14.9. The maximum absolute atomic E-state index is 12.0. The molecule has 28 heavy (non-hydrogen) atoms. The molecule has 0 unspecified atom stereocenters. The predicted molar refractivity (Wildman–Crippen MR) is 116 cm³/mol. The number of carbonyl (C=O) groups excluding carboxylic acids is 2. The SMILES string of the molecule is CC(C)C(OC(=O)CCCCCCCCC(=O)OC(C(C)C)C(C)C)C(C)C. The molecule has 0 aliphatic rings. The van der Waals surface area contributed by atoms with E-state index in [0.29, 0.717) is 36.5 Å². The molecule has 0 atom stereocenters. The van der Waals surface area contributed by atoms with Crippen molar-refractivity contribution in [2.75, 3.05) is 0 Å². The van der Waals surface area contributed by atoms with Crippen molar-refractivity contribution >= 4 is 11.9 Å². The highest BCUT2D eigenvalue weighted by Gasteiger charge is 2.22. The number of carbonyl (C=O) groups is 2. The summed E-state index contributed by atoms with van der Waals surface area (Å²) in [6.45, 7) is 16.8. The van der Waals surface area contributed by atoms with E-state index < -0.39 is 0 Å². The highest BCUT2D eigenvalue weighted by Crippen LogP contribution is 2.19. The second-order valence-corrected chi connectivity index (χ2v) is 9.51. The summed E-state index contributed by atoms with van der Waals surface area (Å²) >= 11 is 0. The monoisotopic (exact) mass is 398 g/mol. The third-order valence-corrected chi connectivity index (χ3v) is 5.18. The third kappa shape index (κ3) is 12.4. The molecule has 0 aromatic heterocycles. The summed E-state index contributed by atoms with van der Waals surface area (Å²) in [6.07, 6.45) is 7.08. The molecule has 0 fully saturated rings. The van der Waals surface area contributed by atoms with Gasteiger partial charge in [-0.15, -0.1) is 0 Å². The minimum absolute atomic E-state index is 0.0123. The van der Waals surface area contributed by atoms with Crippen molar-refractivity contribution < 1.29 is 19.1 Å². The van der Waals surface area contributed by atoms with E-state index in [4.69, 9.17) is 9.47 Å². The van der Waals surface area contributed by atoms with Gasteiger partial charge < -0.3 is 9.47 Å². The molecule has 0 rings (SSSR count). The first-order valence-electron chi connectivity index (χ1n) is 11.4. The average molecular weight is 399 g/mol. The van der Waals surface area contributed by atoms with Crippen molar-refractivity contribution in [2.24, 2.45) is 23.7 Å². The number of esters is 2. The van der Waals surface area contributed by atoms with E-state index in [2.05, 4.69) is 55.4 Å². The molecular formula is C24H46O4.